The molecule has 1 N–H and O–H groups in total. The number of hydrogen-bond acceptors (Lipinski definition) is 35. The summed E-state index contributed by atoms with van der Waals surface area (Å²) >= 11 is 4.18. The van der Waals surface area contributed by atoms with Crippen LogP contribution >= 0.6 is 45.2 Å². The van der Waals surface area contributed by atoms with Gasteiger partial charge in [0.15, 0.2) is 34.4 Å². The van der Waals surface area contributed by atoms with Crippen molar-refractivity contribution in [1.29, 1.82) is 0 Å². The Bertz CT molecular complexity index is 4170. The topological polar surface area (TPSA) is 374 Å². The predicted molar refractivity (Wildman–Crippen MR) is 451 cm³/mol. The summed E-state index contributed by atoms with van der Waals surface area (Å²) in [7, 11) is 9.71. The second-order valence-corrected chi connectivity index (χ2v) is 27.5. The minimum absolute atomic E-state index is 0.0469. The highest BCUT2D eigenvalue weighted by Crippen LogP contribution is 2.41. The van der Waals surface area contributed by atoms with Gasteiger partial charge in [0, 0.05) is 91.7 Å². The van der Waals surface area contributed by atoms with E-state index in [1.54, 1.807) is 103 Å². The van der Waals surface area contributed by atoms with Crippen molar-refractivity contribution in [2.45, 2.75) is 32.7 Å². The molecule has 4 heterocycles. The molecule has 0 radical (unpaired) electrons. The molecule has 8 aromatic rings. The Morgan fingerprint density at radius 3 is 0.900 bits per heavy atom. The molecule has 0 spiro atoms. The molecule has 0 bridgehead atoms. The van der Waals surface area contributed by atoms with Crippen LogP contribution in [0, 0.1) is 7.40 Å². The van der Waals surface area contributed by atoms with E-state index in [0.29, 0.717) is 265 Å². The van der Waals surface area contributed by atoms with Crippen molar-refractivity contribution in [3.63, 3.8) is 0 Å². The van der Waals surface area contributed by atoms with Gasteiger partial charge < -0.3 is 137 Å². The summed E-state index contributed by atoms with van der Waals surface area (Å²) in [5.41, 5.74) is 1.96. The lowest BCUT2D eigenvalue weighted by Gasteiger charge is -2.19. The molecule has 0 atom stereocenters. The highest BCUT2D eigenvalue weighted by Gasteiger charge is 2.23. The molecule has 0 saturated carbocycles. The third-order valence-corrected chi connectivity index (χ3v) is 18.8. The summed E-state index contributed by atoms with van der Waals surface area (Å²) in [6.07, 6.45) is 0.567. The van der Waals surface area contributed by atoms with Crippen molar-refractivity contribution >= 4 is 67.1 Å². The van der Waals surface area contributed by atoms with Crippen LogP contribution in [0.5, 0.6) is 46.0 Å². The van der Waals surface area contributed by atoms with E-state index in [1.807, 2.05) is 12.1 Å². The van der Waals surface area contributed by atoms with Crippen LogP contribution in [0.3, 0.4) is 0 Å². The van der Waals surface area contributed by atoms with Crippen LogP contribution in [-0.2, 0) is 112 Å². The zero-order valence-electron chi connectivity index (χ0n) is 69.1. The van der Waals surface area contributed by atoms with E-state index in [2.05, 4.69) is 71.1 Å². The smallest absolute Gasteiger partial charge is 0.362 e. The predicted octanol–water partition coefficient (Wildman–Crippen LogP) is 7.46. The van der Waals surface area contributed by atoms with Crippen LogP contribution in [0.1, 0.15) is 28.9 Å². The van der Waals surface area contributed by atoms with Crippen molar-refractivity contribution in [1.82, 2.24) is 35.3 Å². The molecule has 0 aliphatic heterocycles. The van der Waals surface area contributed by atoms with Gasteiger partial charge >= 0.3 is 11.3 Å². The highest BCUT2D eigenvalue weighted by molar-refractivity contribution is 14.1. The summed E-state index contributed by atoms with van der Waals surface area (Å²) in [4.78, 5) is 27.7. The number of methoxy groups -OCH3 is 6. The van der Waals surface area contributed by atoms with Crippen molar-refractivity contribution in [2.24, 2.45) is 0 Å². The number of rotatable bonds is 73. The van der Waals surface area contributed by atoms with E-state index < -0.39 is 11.3 Å². The number of nitrogens with zero attached hydrogens (tertiary/aromatic N) is 6. The van der Waals surface area contributed by atoms with Gasteiger partial charge in [0.05, 0.1) is 198 Å². The molecule has 37 nitrogen and oxygen atoms in total. The number of nitrogens with one attached hydrogen (secondary N) is 1. The van der Waals surface area contributed by atoms with Crippen molar-refractivity contribution in [3.05, 3.63) is 124 Å². The van der Waals surface area contributed by atoms with Gasteiger partial charge in [-0.2, -0.15) is 9.36 Å². The number of benzene rings is 4. The van der Waals surface area contributed by atoms with Crippen molar-refractivity contribution in [3.8, 4) is 57.4 Å². The van der Waals surface area contributed by atoms with Crippen molar-refractivity contribution in [2.75, 3.05) is 281 Å². The first-order chi connectivity index (χ1) is 59.0. The summed E-state index contributed by atoms with van der Waals surface area (Å²) in [5.74, 6) is 3.13. The largest absolute Gasteiger partial charge is 0.489 e. The second-order valence-electron chi connectivity index (χ2n) is 25.5. The maximum atomic E-state index is 13.8. The summed E-state index contributed by atoms with van der Waals surface area (Å²) < 4.78 is 165. The van der Waals surface area contributed by atoms with Gasteiger partial charge in [0.2, 0.25) is 11.5 Å². The second kappa shape index (κ2) is 60.3. The normalized spacial score (nSPS) is 11.6. The molecule has 0 aliphatic carbocycles. The number of ether oxygens (including phenoxy) is 26. The highest BCUT2D eigenvalue weighted by atomic mass is 127. The molecular weight excluding hydrogens is 1800 g/mol. The molecular formula is C81H113I2N7O30. The third kappa shape index (κ3) is 36.2. The minimum atomic E-state index is -0.660. The van der Waals surface area contributed by atoms with Crippen molar-refractivity contribution < 1.29 is 132 Å². The number of halogens is 2. The van der Waals surface area contributed by atoms with Crippen LogP contribution in [0.15, 0.2) is 91.2 Å². The lowest BCUT2D eigenvalue weighted by Crippen LogP contribution is -2.16. The molecule has 4 aromatic heterocycles. The van der Waals surface area contributed by atoms with Gasteiger partial charge in [0.1, 0.15) is 87.7 Å². The lowest BCUT2D eigenvalue weighted by atomic mass is 10.2. The summed E-state index contributed by atoms with van der Waals surface area (Å²) in [6, 6.07) is 21.0. The Balaban J connectivity index is 0.893. The Morgan fingerprint density at radius 1 is 0.317 bits per heavy atom. The molecule has 39 heteroatoms. The standard InChI is InChI=1S/C81H113I2N7O30/c1-93-14-20-100-27-26-99-12-7-13-111-72-48-60(49-73(112-43-38-106-33-28-101-21-15-94-2)76(72)115-46-41-109-36-31-104-24-18-97-5)58-117-64-10-8-62-52-68(80(91)119-70(62)54-64)89-78(82)66(85-87-89)56-84-57-67-79(83)90(88-86-67)69-53-63-9-11-65(55-71(63)120-81(69)92)118-59-61-50-74(113-44-39-107-34-29-102-22-16-95-3)77(116-47-42-110-37-32-105-25-19-98-6)75(51-61)114-45-40-108-35-30-103-23-17-96-4/h8-11,48-55,84H,7,12-47,56-59H2,1-6H3. The first kappa shape index (κ1) is 98.1. The Kier molecular flexibility index (Phi) is 49.3. The molecule has 8 rings (SSSR count). The first-order valence-electron chi connectivity index (χ1n) is 39.4. The fourth-order valence-electron chi connectivity index (χ4n) is 10.7. The van der Waals surface area contributed by atoms with E-state index in [9.17, 15) is 9.59 Å². The average molecular weight is 1920 g/mol. The van der Waals surface area contributed by atoms with Gasteiger partial charge in [-0.05, 0) is 117 Å². The van der Waals surface area contributed by atoms with Crippen LogP contribution in [0.2, 0.25) is 0 Å². The minimum Gasteiger partial charge on any atom is -0.489 e. The van der Waals surface area contributed by atoms with Crippen LogP contribution in [0.4, 0.5) is 0 Å². The molecule has 120 heavy (non-hydrogen) atoms. The van der Waals surface area contributed by atoms with Gasteiger partial charge in [-0.15, -0.1) is 10.2 Å². The van der Waals surface area contributed by atoms with E-state index in [1.165, 1.54) is 9.36 Å². The Labute approximate surface area is 724 Å². The quantitative estimate of drug-likeness (QED) is 0.0219. The lowest BCUT2D eigenvalue weighted by molar-refractivity contribution is 0.0146. The molecule has 0 amide bonds. The molecule has 0 unspecified atom stereocenters. The zero-order valence-corrected chi connectivity index (χ0v) is 73.4. The Morgan fingerprint density at radius 2 is 0.592 bits per heavy atom. The number of hydrogen-bond donors (Lipinski definition) is 1. The molecule has 4 aromatic carbocycles. The zero-order chi connectivity index (χ0) is 84.7. The van der Waals surface area contributed by atoms with Gasteiger partial charge in [0.25, 0.3) is 0 Å². The monoisotopic (exact) mass is 1920 g/mol. The summed E-state index contributed by atoms with van der Waals surface area (Å²) in [6.45, 7) is 13.8. The maximum absolute atomic E-state index is 13.8. The number of aromatic nitrogens is 6. The fourth-order valence-corrected chi connectivity index (χ4v) is 12.0. The molecule has 0 saturated heterocycles. The van der Waals surface area contributed by atoms with Crippen LogP contribution in [0.25, 0.3) is 33.3 Å². The number of fused-ring (bicyclic) bond motifs is 2. The van der Waals surface area contributed by atoms with Crippen LogP contribution in [-0.4, -0.2) is 310 Å². The third-order valence-electron chi connectivity index (χ3n) is 16.7. The van der Waals surface area contributed by atoms with E-state index in [4.69, 9.17) is 132 Å². The average Bonchev–Trinajstić information content (AvgIpc) is 1.55. The summed E-state index contributed by atoms with van der Waals surface area (Å²) in [5, 5.41) is 22.1. The molecule has 666 valence electrons. The SMILES string of the molecule is COCCOCCOCCCOc1cc(COc2ccc3cc(-n4nnc(CNCc5nnn(-c6cc7ccc(OCc8cc(OCCOCCOCCOC)c(OCCOCCOCCOC)c(OCCOCCOCCOC)c8)cc7oc6=O)c5I)c4I)c(=O)oc3c2)cc(OCCOCCOCCOC)c1OCCOCCOCCOC. The fraction of sp³-hybridized carbons (Fsp3) is 0.580. The van der Waals surface area contributed by atoms with E-state index in [-0.39, 0.29) is 115 Å². The van der Waals surface area contributed by atoms with Gasteiger partial charge in [-0.3, -0.25) is 0 Å². The van der Waals surface area contributed by atoms with E-state index in [0.717, 1.165) is 0 Å². The van der Waals surface area contributed by atoms with Gasteiger partial charge in [-0.25, -0.2) is 9.59 Å². The first-order valence-corrected chi connectivity index (χ1v) is 41.5. The molecule has 0 fully saturated rings. The Hall–Kier alpha value is -7.32. The van der Waals surface area contributed by atoms with Gasteiger partial charge in [-0.1, -0.05) is 10.4 Å². The maximum Gasteiger partial charge on any atom is 0.362 e. The molecule has 0 aliphatic rings. The van der Waals surface area contributed by atoms with Crippen LogP contribution < -0.4 is 54.5 Å². The van der Waals surface area contributed by atoms with E-state index >= 15 is 0 Å².